The molecule has 0 radical (unpaired) electrons. The molecule has 1 atom stereocenters. The first-order valence-corrected chi connectivity index (χ1v) is 10.1. The quantitative estimate of drug-likeness (QED) is 0.429. The predicted molar refractivity (Wildman–Crippen MR) is 115 cm³/mol. The molecule has 2 heterocycles. The fourth-order valence-electron chi connectivity index (χ4n) is 3.58. The van der Waals surface area contributed by atoms with E-state index in [4.69, 9.17) is 16.3 Å². The minimum absolute atomic E-state index is 0.292. The van der Waals surface area contributed by atoms with Crippen LogP contribution in [-0.2, 0) is 21.4 Å². The number of benzene rings is 2. The number of carbonyl (C=O) groups is 1. The van der Waals surface area contributed by atoms with Crippen molar-refractivity contribution in [3.8, 4) is 11.1 Å². The highest BCUT2D eigenvalue weighted by Crippen LogP contribution is 2.32. The lowest BCUT2D eigenvalue weighted by Crippen LogP contribution is -2.39. The van der Waals surface area contributed by atoms with Gasteiger partial charge in [-0.15, -0.1) is 5.10 Å². The van der Waals surface area contributed by atoms with Gasteiger partial charge in [0.2, 0.25) is 0 Å². The van der Waals surface area contributed by atoms with Crippen molar-refractivity contribution in [1.82, 2.24) is 19.8 Å². The maximum atomic E-state index is 13.1. The summed E-state index contributed by atoms with van der Waals surface area (Å²) in [5, 5.41) is 13.7. The Labute approximate surface area is 179 Å². The van der Waals surface area contributed by atoms with Crippen LogP contribution in [0.2, 0.25) is 5.02 Å². The second-order valence-electron chi connectivity index (χ2n) is 7.25. The Kier molecular flexibility index (Phi) is 5.50. The highest BCUT2D eigenvalue weighted by molar-refractivity contribution is 6.30. The largest absolute Gasteiger partial charge is 0.465 e. The van der Waals surface area contributed by atoms with Crippen LogP contribution in [0.25, 0.3) is 16.8 Å². The molecule has 6 nitrogen and oxygen atoms in total. The summed E-state index contributed by atoms with van der Waals surface area (Å²) < 4.78 is 7.12. The van der Waals surface area contributed by atoms with E-state index < -0.39 is 5.41 Å². The van der Waals surface area contributed by atoms with Gasteiger partial charge in [-0.2, -0.15) is 10.2 Å². The summed E-state index contributed by atoms with van der Waals surface area (Å²) in [7, 11) is 0. The standard InChI is InChI=1S/C23H21ClN4O2/c1-3-30-22(29)23(2,13-16-7-5-4-6-8-16)20-15-25-27-21-19(14-26-28(20)21)17-9-11-18(24)12-10-17/h4-12,14-15H,3,13H2,1-2H3. The third-order valence-electron chi connectivity index (χ3n) is 5.15. The fraction of sp³-hybridized carbons (Fsp3) is 0.217. The van der Waals surface area contributed by atoms with Crippen LogP contribution < -0.4 is 0 Å². The normalized spacial score (nSPS) is 13.2. The van der Waals surface area contributed by atoms with E-state index in [-0.39, 0.29) is 5.97 Å². The highest BCUT2D eigenvalue weighted by Gasteiger charge is 2.40. The van der Waals surface area contributed by atoms with E-state index in [1.807, 2.05) is 61.5 Å². The van der Waals surface area contributed by atoms with Crippen LogP contribution in [0.3, 0.4) is 0 Å². The number of aromatic nitrogens is 4. The van der Waals surface area contributed by atoms with Gasteiger partial charge in [-0.25, -0.2) is 4.52 Å². The number of carbonyl (C=O) groups excluding carboxylic acids is 1. The van der Waals surface area contributed by atoms with Crippen LogP contribution >= 0.6 is 11.6 Å². The Bertz CT molecular complexity index is 1180. The van der Waals surface area contributed by atoms with Gasteiger partial charge in [-0.3, -0.25) is 4.79 Å². The Hall–Kier alpha value is -3.25. The van der Waals surface area contributed by atoms with Crippen LogP contribution in [-0.4, -0.2) is 32.4 Å². The van der Waals surface area contributed by atoms with Gasteiger partial charge >= 0.3 is 5.97 Å². The molecule has 30 heavy (non-hydrogen) atoms. The molecule has 0 N–H and O–H groups in total. The molecule has 0 saturated carbocycles. The summed E-state index contributed by atoms with van der Waals surface area (Å²) in [4.78, 5) is 13.1. The van der Waals surface area contributed by atoms with Gasteiger partial charge in [0, 0.05) is 10.6 Å². The van der Waals surface area contributed by atoms with Crippen LogP contribution in [0.1, 0.15) is 25.1 Å². The number of esters is 1. The monoisotopic (exact) mass is 420 g/mol. The molecule has 0 aliphatic heterocycles. The minimum Gasteiger partial charge on any atom is -0.465 e. The summed E-state index contributed by atoms with van der Waals surface area (Å²) in [6.07, 6.45) is 3.76. The Balaban J connectivity index is 1.85. The second-order valence-corrected chi connectivity index (χ2v) is 7.68. The lowest BCUT2D eigenvalue weighted by Gasteiger charge is -2.27. The van der Waals surface area contributed by atoms with Crippen molar-refractivity contribution in [2.45, 2.75) is 25.7 Å². The average Bonchev–Trinajstić information content (AvgIpc) is 3.19. The van der Waals surface area contributed by atoms with Crippen molar-refractivity contribution in [3.05, 3.63) is 83.3 Å². The van der Waals surface area contributed by atoms with Gasteiger partial charge in [0.05, 0.1) is 24.7 Å². The number of nitrogens with zero attached hydrogens (tertiary/aromatic N) is 4. The second kappa shape index (κ2) is 8.24. The zero-order valence-electron chi connectivity index (χ0n) is 16.7. The third kappa shape index (κ3) is 3.66. The first kappa shape index (κ1) is 20.0. The molecule has 0 bridgehead atoms. The van der Waals surface area contributed by atoms with Crippen LogP contribution in [0.5, 0.6) is 0 Å². The van der Waals surface area contributed by atoms with Crippen LogP contribution in [0.15, 0.2) is 67.0 Å². The van der Waals surface area contributed by atoms with Crippen molar-refractivity contribution < 1.29 is 9.53 Å². The fourth-order valence-corrected chi connectivity index (χ4v) is 3.70. The van der Waals surface area contributed by atoms with E-state index in [2.05, 4.69) is 15.3 Å². The maximum absolute atomic E-state index is 13.1. The highest BCUT2D eigenvalue weighted by atomic mass is 35.5. The number of ether oxygens (including phenoxy) is 1. The van der Waals surface area contributed by atoms with E-state index in [0.717, 1.165) is 16.7 Å². The molecular formula is C23H21ClN4O2. The third-order valence-corrected chi connectivity index (χ3v) is 5.40. The molecule has 2 aromatic carbocycles. The van der Waals surface area contributed by atoms with Gasteiger partial charge < -0.3 is 4.74 Å². The first-order valence-electron chi connectivity index (χ1n) is 9.70. The number of rotatable bonds is 6. The van der Waals surface area contributed by atoms with Crippen molar-refractivity contribution in [3.63, 3.8) is 0 Å². The topological polar surface area (TPSA) is 69.4 Å². The van der Waals surface area contributed by atoms with E-state index in [9.17, 15) is 4.79 Å². The summed E-state index contributed by atoms with van der Waals surface area (Å²) >= 11 is 6.02. The lowest BCUT2D eigenvalue weighted by molar-refractivity contribution is -0.149. The average molecular weight is 421 g/mol. The van der Waals surface area contributed by atoms with Crippen LogP contribution in [0, 0.1) is 0 Å². The zero-order chi connectivity index (χ0) is 21.1. The molecule has 152 valence electrons. The van der Waals surface area contributed by atoms with Gasteiger partial charge in [0.1, 0.15) is 5.41 Å². The molecule has 0 aliphatic rings. The van der Waals surface area contributed by atoms with Gasteiger partial charge in [-0.1, -0.05) is 54.1 Å². The van der Waals surface area contributed by atoms with E-state index in [1.165, 1.54) is 0 Å². The van der Waals surface area contributed by atoms with E-state index in [1.54, 1.807) is 23.8 Å². The molecule has 0 spiro atoms. The summed E-state index contributed by atoms with van der Waals surface area (Å²) in [5.74, 6) is -0.327. The molecule has 7 heteroatoms. The van der Waals surface area contributed by atoms with Crippen molar-refractivity contribution in [2.75, 3.05) is 6.61 Å². The summed E-state index contributed by atoms with van der Waals surface area (Å²) in [6, 6.07) is 17.3. The molecule has 2 aromatic heterocycles. The van der Waals surface area contributed by atoms with E-state index in [0.29, 0.717) is 29.4 Å². The van der Waals surface area contributed by atoms with Crippen molar-refractivity contribution in [1.29, 1.82) is 0 Å². The number of halogens is 1. The SMILES string of the molecule is CCOC(=O)C(C)(Cc1ccccc1)c1cnnc2c(-c3ccc(Cl)cc3)cnn12. The van der Waals surface area contributed by atoms with Crippen molar-refractivity contribution in [2.24, 2.45) is 0 Å². The first-order chi connectivity index (χ1) is 14.5. The smallest absolute Gasteiger partial charge is 0.318 e. The molecule has 0 saturated heterocycles. The maximum Gasteiger partial charge on any atom is 0.318 e. The summed E-state index contributed by atoms with van der Waals surface area (Å²) in [5.41, 5.74) is 2.94. The Morgan fingerprint density at radius 3 is 2.53 bits per heavy atom. The van der Waals surface area contributed by atoms with Gasteiger partial charge in [0.15, 0.2) is 5.65 Å². The van der Waals surface area contributed by atoms with E-state index >= 15 is 0 Å². The summed E-state index contributed by atoms with van der Waals surface area (Å²) in [6.45, 7) is 3.95. The predicted octanol–water partition coefficient (Wildman–Crippen LogP) is 4.51. The molecule has 4 rings (SSSR count). The Morgan fingerprint density at radius 1 is 1.10 bits per heavy atom. The minimum atomic E-state index is -0.991. The molecule has 4 aromatic rings. The molecule has 0 fully saturated rings. The number of hydrogen-bond donors (Lipinski definition) is 0. The molecular weight excluding hydrogens is 400 g/mol. The van der Waals surface area contributed by atoms with Gasteiger partial charge in [-0.05, 0) is 43.5 Å². The van der Waals surface area contributed by atoms with Gasteiger partial charge in [0.25, 0.3) is 0 Å². The van der Waals surface area contributed by atoms with Crippen LogP contribution in [0.4, 0.5) is 0 Å². The molecule has 1 unspecified atom stereocenters. The molecule has 0 amide bonds. The van der Waals surface area contributed by atoms with Crippen molar-refractivity contribution >= 4 is 23.2 Å². The molecule has 0 aliphatic carbocycles. The number of fused-ring (bicyclic) bond motifs is 1. The number of hydrogen-bond acceptors (Lipinski definition) is 5. The zero-order valence-corrected chi connectivity index (χ0v) is 17.5. The Morgan fingerprint density at radius 2 is 1.83 bits per heavy atom. The lowest BCUT2D eigenvalue weighted by atomic mass is 9.80.